The van der Waals surface area contributed by atoms with Crippen molar-refractivity contribution in [1.82, 2.24) is 9.13 Å². The maximum Gasteiger partial charge on any atom is 0.190 e. The fourth-order valence-electron chi connectivity index (χ4n) is 5.85. The highest BCUT2D eigenvalue weighted by Crippen LogP contribution is 2.46. The summed E-state index contributed by atoms with van der Waals surface area (Å²) in [4.78, 5) is 7.57. The Bertz CT molecular complexity index is 1920. The minimum Gasteiger partial charge on any atom is -0.283 e. The van der Waals surface area contributed by atoms with Gasteiger partial charge >= 0.3 is 0 Å². The molecule has 0 aliphatic carbocycles. The first-order valence-corrected chi connectivity index (χ1v) is 19.8. The lowest BCUT2D eigenvalue weighted by atomic mass is 10.1. The Morgan fingerprint density at radius 1 is 0.500 bits per heavy atom. The van der Waals surface area contributed by atoms with E-state index in [2.05, 4.69) is 131 Å². The number of aryl methyl sites for hydroxylation is 2. The molecule has 7 heteroatoms. The van der Waals surface area contributed by atoms with E-state index in [1.54, 1.807) is 22.7 Å². The van der Waals surface area contributed by atoms with Gasteiger partial charge in [-0.3, -0.25) is 9.13 Å². The van der Waals surface area contributed by atoms with E-state index >= 15 is 0 Å². The Morgan fingerprint density at radius 2 is 0.913 bits per heavy atom. The van der Waals surface area contributed by atoms with E-state index in [9.17, 15) is 0 Å². The molecule has 7 rings (SSSR count). The molecule has 5 aromatic heterocycles. The molecule has 5 heterocycles. The number of thiophene rings is 4. The molecule has 0 N–H and O–H groups in total. The summed E-state index contributed by atoms with van der Waals surface area (Å²) in [6, 6.07) is 35.9. The zero-order chi connectivity index (χ0) is 31.5. The second-order valence-corrected chi connectivity index (χ2v) is 15.9. The van der Waals surface area contributed by atoms with E-state index in [1.807, 2.05) is 22.7 Å². The molecular weight excluding hydrogens is 657 g/mol. The first-order valence-electron chi connectivity index (χ1n) is 16.0. The molecule has 7 aromatic rings. The third kappa shape index (κ3) is 6.32. The van der Waals surface area contributed by atoms with Crippen molar-refractivity contribution in [3.63, 3.8) is 0 Å². The SMILES string of the molecule is CCCCc1ccc(-n2c(-c3ccc(-c4cccs4)s3)c(-c3ccc(-c4cccs4)s3)n(-c3ccc(CCCC)cc3)c2=S)cc1. The fourth-order valence-corrected chi connectivity index (χ4v) is 10.0. The Kier molecular flexibility index (Phi) is 9.66. The van der Waals surface area contributed by atoms with Gasteiger partial charge in [0.2, 0.25) is 0 Å². The highest BCUT2D eigenvalue weighted by atomic mass is 32.1. The number of aromatic nitrogens is 2. The fraction of sp³-hybridized carbons (Fsp3) is 0.205. The van der Waals surface area contributed by atoms with Crippen LogP contribution in [0.4, 0.5) is 0 Å². The van der Waals surface area contributed by atoms with Gasteiger partial charge in [-0.25, -0.2) is 0 Å². The number of unbranched alkanes of at least 4 members (excludes halogenated alkanes) is 2. The zero-order valence-electron chi connectivity index (χ0n) is 26.1. The van der Waals surface area contributed by atoms with Crippen LogP contribution in [0, 0.1) is 4.77 Å². The van der Waals surface area contributed by atoms with E-state index in [0.717, 1.165) is 40.4 Å². The molecule has 0 aliphatic heterocycles. The number of hydrogen-bond acceptors (Lipinski definition) is 5. The summed E-state index contributed by atoms with van der Waals surface area (Å²) in [5.74, 6) is 0. The monoisotopic (exact) mass is 692 g/mol. The van der Waals surface area contributed by atoms with Crippen molar-refractivity contribution in [2.24, 2.45) is 0 Å². The zero-order valence-corrected chi connectivity index (χ0v) is 30.2. The lowest BCUT2D eigenvalue weighted by Gasteiger charge is -2.11. The Hall–Kier alpha value is -3.33. The van der Waals surface area contributed by atoms with E-state index in [-0.39, 0.29) is 0 Å². The van der Waals surface area contributed by atoms with Gasteiger partial charge in [-0.15, -0.1) is 45.3 Å². The highest BCUT2D eigenvalue weighted by Gasteiger charge is 2.26. The molecule has 232 valence electrons. The molecule has 0 atom stereocenters. The standard InChI is InChI=1S/C39H36N2S5/c1-3-5-9-27-13-17-29(18-14-27)40-37(35-23-21-33(45-35)31-11-7-25-43-31)38(36-24-22-34(46-36)32-12-8-26-44-32)41(39(40)42)30-19-15-28(16-20-30)10-6-4-2/h7-8,11-26H,3-6,9-10H2,1-2H3. The van der Waals surface area contributed by atoms with Crippen LogP contribution in [0.15, 0.2) is 108 Å². The maximum absolute atomic E-state index is 6.48. The normalized spacial score (nSPS) is 11.4. The quantitative estimate of drug-likeness (QED) is 0.116. The minimum absolute atomic E-state index is 0.782. The van der Waals surface area contributed by atoms with Gasteiger partial charge in [-0.05, 0) is 120 Å². The summed E-state index contributed by atoms with van der Waals surface area (Å²) >= 11 is 13.8. The van der Waals surface area contributed by atoms with Gasteiger partial charge in [-0.2, -0.15) is 0 Å². The van der Waals surface area contributed by atoms with Gasteiger partial charge < -0.3 is 0 Å². The summed E-state index contributed by atoms with van der Waals surface area (Å²) in [6.45, 7) is 4.50. The van der Waals surface area contributed by atoms with Crippen LogP contribution in [0.2, 0.25) is 0 Å². The van der Waals surface area contributed by atoms with Crippen molar-refractivity contribution in [3.05, 3.63) is 124 Å². The van der Waals surface area contributed by atoms with Gasteiger partial charge in [0.1, 0.15) is 0 Å². The summed E-state index contributed by atoms with van der Waals surface area (Å²) in [5.41, 5.74) is 7.23. The van der Waals surface area contributed by atoms with E-state index in [1.165, 1.54) is 66.1 Å². The second-order valence-electron chi connectivity index (χ2n) is 11.5. The lowest BCUT2D eigenvalue weighted by molar-refractivity contribution is 0.794. The molecule has 0 radical (unpaired) electrons. The van der Waals surface area contributed by atoms with E-state index < -0.39 is 0 Å². The Morgan fingerprint density at radius 3 is 1.28 bits per heavy atom. The molecule has 2 nitrogen and oxygen atoms in total. The van der Waals surface area contributed by atoms with Crippen molar-refractivity contribution in [2.45, 2.75) is 52.4 Å². The topological polar surface area (TPSA) is 9.86 Å². The molecule has 0 saturated heterocycles. The molecule has 0 fully saturated rings. The summed E-state index contributed by atoms with van der Waals surface area (Å²) in [7, 11) is 0. The predicted octanol–water partition coefficient (Wildman–Crippen LogP) is 13.6. The maximum atomic E-state index is 6.48. The summed E-state index contributed by atoms with van der Waals surface area (Å²) in [5, 5.41) is 4.31. The van der Waals surface area contributed by atoms with Crippen LogP contribution in [0.25, 0.3) is 52.0 Å². The Balaban J connectivity index is 1.47. The number of rotatable bonds is 12. The average Bonchev–Trinajstić information content (AvgIpc) is 3.93. The molecule has 0 spiro atoms. The van der Waals surface area contributed by atoms with Crippen molar-refractivity contribution in [3.8, 4) is 52.0 Å². The summed E-state index contributed by atoms with van der Waals surface area (Å²) in [6.07, 6.45) is 6.98. The third-order valence-electron chi connectivity index (χ3n) is 8.29. The highest BCUT2D eigenvalue weighted by molar-refractivity contribution is 7.71. The van der Waals surface area contributed by atoms with Crippen molar-refractivity contribution < 1.29 is 0 Å². The van der Waals surface area contributed by atoms with Crippen LogP contribution in [0.3, 0.4) is 0 Å². The van der Waals surface area contributed by atoms with Crippen LogP contribution >= 0.6 is 57.6 Å². The molecule has 46 heavy (non-hydrogen) atoms. The van der Waals surface area contributed by atoms with Gasteiger partial charge in [0, 0.05) is 30.9 Å². The molecule has 0 bridgehead atoms. The lowest BCUT2D eigenvalue weighted by Crippen LogP contribution is -2.00. The smallest absolute Gasteiger partial charge is 0.190 e. The predicted molar refractivity (Wildman–Crippen MR) is 206 cm³/mol. The average molecular weight is 693 g/mol. The van der Waals surface area contributed by atoms with Crippen LogP contribution in [0.1, 0.15) is 50.7 Å². The van der Waals surface area contributed by atoms with Crippen molar-refractivity contribution in [1.29, 1.82) is 0 Å². The third-order valence-corrected chi connectivity index (χ3v) is 13.0. The Labute approximate surface area is 292 Å². The van der Waals surface area contributed by atoms with Crippen LogP contribution in [0.5, 0.6) is 0 Å². The van der Waals surface area contributed by atoms with Gasteiger partial charge in [0.05, 0.1) is 21.1 Å². The first kappa shape index (κ1) is 31.3. The number of benzene rings is 2. The van der Waals surface area contributed by atoms with Gasteiger partial charge in [-0.1, -0.05) is 63.1 Å². The van der Waals surface area contributed by atoms with E-state index in [0.29, 0.717) is 0 Å². The van der Waals surface area contributed by atoms with Crippen LogP contribution < -0.4 is 0 Å². The molecule has 0 saturated carbocycles. The number of nitrogens with zero attached hydrogens (tertiary/aromatic N) is 2. The van der Waals surface area contributed by atoms with Crippen LogP contribution in [-0.2, 0) is 12.8 Å². The number of imidazole rings is 1. The minimum atomic E-state index is 0.782. The van der Waals surface area contributed by atoms with Crippen molar-refractivity contribution in [2.75, 3.05) is 0 Å². The molecule has 0 unspecified atom stereocenters. The molecular formula is C39H36N2S5. The summed E-state index contributed by atoms with van der Waals surface area (Å²) < 4.78 is 5.41. The molecule has 0 aliphatic rings. The van der Waals surface area contributed by atoms with Gasteiger partial charge in [0.15, 0.2) is 4.77 Å². The molecule has 0 amide bonds. The number of hydrogen-bond donors (Lipinski definition) is 0. The first-order chi connectivity index (χ1) is 22.6. The molecule has 2 aromatic carbocycles. The largest absolute Gasteiger partial charge is 0.283 e. The van der Waals surface area contributed by atoms with Crippen molar-refractivity contribution >= 4 is 57.6 Å². The second kappa shape index (κ2) is 14.2. The van der Waals surface area contributed by atoms with Gasteiger partial charge in [0.25, 0.3) is 0 Å². The van der Waals surface area contributed by atoms with E-state index in [4.69, 9.17) is 12.2 Å². The van der Waals surface area contributed by atoms with Crippen LogP contribution in [-0.4, -0.2) is 9.13 Å².